The van der Waals surface area contributed by atoms with Crippen LogP contribution in [0.1, 0.15) is 39.0 Å². The third-order valence-electron chi connectivity index (χ3n) is 2.48. The maximum atomic E-state index is 10.2. The molecule has 0 aliphatic rings. The van der Waals surface area contributed by atoms with Crippen molar-refractivity contribution in [2.24, 2.45) is 0 Å². The number of aliphatic carboxylic acids is 1. The molecule has 1 atom stereocenters. The monoisotopic (exact) mass is 264 g/mol. The van der Waals surface area contributed by atoms with E-state index in [0.29, 0.717) is 6.42 Å². The molecule has 0 saturated carbocycles. The van der Waals surface area contributed by atoms with Gasteiger partial charge in [-0.15, -0.1) is 0 Å². The van der Waals surface area contributed by atoms with Crippen LogP contribution in [0.4, 0.5) is 0 Å². The van der Waals surface area contributed by atoms with Crippen LogP contribution in [-0.2, 0) is 4.79 Å². The molecular weight excluding hydrogens is 240 g/mol. The van der Waals surface area contributed by atoms with Gasteiger partial charge >= 0.3 is 5.97 Å². The average molecular weight is 264 g/mol. The van der Waals surface area contributed by atoms with Crippen LogP contribution in [0.5, 0.6) is 0 Å². The lowest BCUT2D eigenvalue weighted by atomic mass is 10.1. The van der Waals surface area contributed by atoms with E-state index in [1.165, 1.54) is 18.9 Å². The number of unbranched alkanes of at least 4 members (excludes halogenated alkanes) is 2. The van der Waals surface area contributed by atoms with Gasteiger partial charge in [0.1, 0.15) is 0 Å². The van der Waals surface area contributed by atoms with Crippen molar-refractivity contribution in [2.75, 3.05) is 0 Å². The van der Waals surface area contributed by atoms with Crippen LogP contribution in [0.3, 0.4) is 0 Å². The van der Waals surface area contributed by atoms with Gasteiger partial charge in [0.15, 0.2) is 0 Å². The number of carboxylic acid groups (broad SMARTS) is 1. The zero-order valence-corrected chi connectivity index (χ0v) is 11.5. The van der Waals surface area contributed by atoms with Crippen molar-refractivity contribution in [3.63, 3.8) is 0 Å². The molecule has 0 radical (unpaired) electrons. The molecule has 0 amide bonds. The summed E-state index contributed by atoms with van der Waals surface area (Å²) in [6, 6.07) is 0. The Morgan fingerprint density at radius 3 is 2.32 bits per heavy atom. The van der Waals surface area contributed by atoms with Gasteiger partial charge in [-0.1, -0.05) is 68.7 Å². The number of allylic oxidation sites excluding steroid dienone is 6. The lowest BCUT2D eigenvalue weighted by molar-refractivity contribution is -0.131. The van der Waals surface area contributed by atoms with E-state index < -0.39 is 5.97 Å². The van der Waals surface area contributed by atoms with Crippen molar-refractivity contribution in [3.8, 4) is 0 Å². The first kappa shape index (κ1) is 17.4. The van der Waals surface area contributed by atoms with Gasteiger partial charge in [0, 0.05) is 6.08 Å². The van der Waals surface area contributed by atoms with Crippen LogP contribution in [0.2, 0.25) is 0 Å². The zero-order chi connectivity index (χ0) is 14.3. The summed E-state index contributed by atoms with van der Waals surface area (Å²) in [4.78, 5) is 10.2. The summed E-state index contributed by atoms with van der Waals surface area (Å²) in [6.07, 6.45) is 18.2. The molecule has 0 saturated heterocycles. The van der Waals surface area contributed by atoms with Gasteiger partial charge < -0.3 is 10.2 Å². The molecule has 0 heterocycles. The fourth-order valence-corrected chi connectivity index (χ4v) is 1.46. The number of rotatable bonds is 10. The number of aliphatic hydroxyl groups is 1. The predicted molar refractivity (Wildman–Crippen MR) is 79.0 cm³/mol. The smallest absolute Gasteiger partial charge is 0.328 e. The molecule has 0 bridgehead atoms. The van der Waals surface area contributed by atoms with Crippen molar-refractivity contribution in [3.05, 3.63) is 48.6 Å². The Kier molecular flexibility index (Phi) is 11.7. The normalized spacial score (nSPS) is 14.2. The van der Waals surface area contributed by atoms with Crippen LogP contribution in [-0.4, -0.2) is 22.3 Å². The number of aliphatic hydroxyl groups excluding tert-OH is 1. The van der Waals surface area contributed by atoms with E-state index in [0.717, 1.165) is 18.9 Å². The van der Waals surface area contributed by atoms with Crippen LogP contribution >= 0.6 is 0 Å². The van der Waals surface area contributed by atoms with Crippen LogP contribution in [0.25, 0.3) is 0 Å². The van der Waals surface area contributed by atoms with Crippen molar-refractivity contribution in [1.29, 1.82) is 0 Å². The second-order valence-electron chi connectivity index (χ2n) is 4.28. The molecular formula is C16H24O3. The average Bonchev–Trinajstić information content (AvgIpc) is 2.36. The first-order chi connectivity index (χ1) is 9.16. The molecule has 0 spiro atoms. The minimum Gasteiger partial charge on any atom is -0.478 e. The summed E-state index contributed by atoms with van der Waals surface area (Å²) in [6.45, 7) is 2.15. The van der Waals surface area contributed by atoms with Crippen molar-refractivity contribution >= 4 is 5.97 Å². The third kappa shape index (κ3) is 14.3. The zero-order valence-electron chi connectivity index (χ0n) is 11.5. The molecule has 106 valence electrons. The Labute approximate surface area is 115 Å². The molecule has 0 rings (SSSR count). The molecule has 0 aromatic heterocycles. The quantitative estimate of drug-likeness (QED) is 0.360. The van der Waals surface area contributed by atoms with Gasteiger partial charge in [0.2, 0.25) is 0 Å². The standard InChI is InChI=1S/C16H24O3/c1-2-3-9-12-15(17)13-10-7-5-4-6-8-11-14-16(18)19/h4-8,10-11,14-15,17H,2-3,9,12-13H2,1H3,(H,18,19). The Morgan fingerprint density at radius 1 is 1.05 bits per heavy atom. The van der Waals surface area contributed by atoms with Crippen molar-refractivity contribution < 1.29 is 15.0 Å². The molecule has 3 heteroatoms. The Bertz CT molecular complexity index is 338. The van der Waals surface area contributed by atoms with Gasteiger partial charge in [-0.2, -0.15) is 0 Å². The van der Waals surface area contributed by atoms with Crippen molar-refractivity contribution in [1.82, 2.24) is 0 Å². The highest BCUT2D eigenvalue weighted by Gasteiger charge is 1.99. The van der Waals surface area contributed by atoms with Crippen molar-refractivity contribution in [2.45, 2.75) is 45.1 Å². The second-order valence-corrected chi connectivity index (χ2v) is 4.28. The van der Waals surface area contributed by atoms with E-state index in [9.17, 15) is 9.90 Å². The Morgan fingerprint density at radius 2 is 1.68 bits per heavy atom. The van der Waals surface area contributed by atoms with Gasteiger partial charge in [-0.25, -0.2) is 4.79 Å². The van der Waals surface area contributed by atoms with Gasteiger partial charge in [-0.05, 0) is 12.8 Å². The topological polar surface area (TPSA) is 57.5 Å². The van der Waals surface area contributed by atoms with E-state index in [1.807, 2.05) is 24.3 Å². The highest BCUT2D eigenvalue weighted by molar-refractivity contribution is 5.80. The lowest BCUT2D eigenvalue weighted by Gasteiger charge is -2.05. The number of carbonyl (C=O) groups is 1. The highest BCUT2D eigenvalue weighted by atomic mass is 16.4. The SMILES string of the molecule is CCCCCC(O)CC=CC=CC=CC=CC(=O)O. The Hall–Kier alpha value is -1.61. The minimum absolute atomic E-state index is 0.245. The van der Waals surface area contributed by atoms with Crippen LogP contribution < -0.4 is 0 Å². The molecule has 0 fully saturated rings. The fraction of sp³-hybridized carbons (Fsp3) is 0.438. The van der Waals surface area contributed by atoms with E-state index in [-0.39, 0.29) is 6.10 Å². The number of hydrogen-bond donors (Lipinski definition) is 2. The van der Waals surface area contributed by atoms with E-state index >= 15 is 0 Å². The first-order valence-corrected chi connectivity index (χ1v) is 6.74. The summed E-state index contributed by atoms with van der Waals surface area (Å²) in [5, 5.41) is 18.0. The molecule has 0 aromatic carbocycles. The van der Waals surface area contributed by atoms with Gasteiger partial charge in [0.25, 0.3) is 0 Å². The molecule has 1 unspecified atom stereocenters. The Balaban J connectivity index is 3.69. The second kappa shape index (κ2) is 12.8. The molecule has 0 aliphatic heterocycles. The van der Waals surface area contributed by atoms with E-state index in [1.54, 1.807) is 12.2 Å². The summed E-state index contributed by atoms with van der Waals surface area (Å²) >= 11 is 0. The van der Waals surface area contributed by atoms with Crippen LogP contribution in [0, 0.1) is 0 Å². The maximum absolute atomic E-state index is 10.2. The minimum atomic E-state index is -0.953. The summed E-state index contributed by atoms with van der Waals surface area (Å²) in [7, 11) is 0. The highest BCUT2D eigenvalue weighted by Crippen LogP contribution is 2.06. The predicted octanol–water partition coefficient (Wildman–Crippen LogP) is 3.63. The maximum Gasteiger partial charge on any atom is 0.328 e. The third-order valence-corrected chi connectivity index (χ3v) is 2.48. The van der Waals surface area contributed by atoms with Crippen LogP contribution in [0.15, 0.2) is 48.6 Å². The molecule has 0 aliphatic carbocycles. The van der Waals surface area contributed by atoms with Gasteiger partial charge in [0.05, 0.1) is 6.10 Å². The van der Waals surface area contributed by atoms with E-state index in [2.05, 4.69) is 6.92 Å². The lowest BCUT2D eigenvalue weighted by Crippen LogP contribution is -2.03. The number of carboxylic acids is 1. The largest absolute Gasteiger partial charge is 0.478 e. The molecule has 19 heavy (non-hydrogen) atoms. The summed E-state index contributed by atoms with van der Waals surface area (Å²) in [5.74, 6) is -0.953. The summed E-state index contributed by atoms with van der Waals surface area (Å²) in [5.41, 5.74) is 0. The molecule has 2 N–H and O–H groups in total. The number of hydrogen-bond acceptors (Lipinski definition) is 2. The first-order valence-electron chi connectivity index (χ1n) is 6.74. The fourth-order valence-electron chi connectivity index (χ4n) is 1.46. The molecule has 3 nitrogen and oxygen atoms in total. The van der Waals surface area contributed by atoms with E-state index in [4.69, 9.17) is 5.11 Å². The molecule has 0 aromatic rings. The summed E-state index contributed by atoms with van der Waals surface area (Å²) < 4.78 is 0. The van der Waals surface area contributed by atoms with Gasteiger partial charge in [-0.3, -0.25) is 0 Å².